The van der Waals surface area contributed by atoms with E-state index in [4.69, 9.17) is 0 Å². The molecule has 1 aromatic heterocycles. The molecule has 0 spiro atoms. The van der Waals surface area contributed by atoms with E-state index in [1.165, 1.54) is 16.9 Å². The summed E-state index contributed by atoms with van der Waals surface area (Å²) in [6.07, 6.45) is 2.10. The number of rotatable bonds is 6. The zero-order valence-electron chi connectivity index (χ0n) is 16.1. The van der Waals surface area contributed by atoms with Crippen LogP contribution in [0.5, 0.6) is 0 Å². The second kappa shape index (κ2) is 8.08. The minimum atomic E-state index is -0.546. The Hall–Kier alpha value is -3.13. The molecule has 1 saturated carbocycles. The molecule has 0 radical (unpaired) electrons. The van der Waals surface area contributed by atoms with Gasteiger partial charge in [0.1, 0.15) is 6.04 Å². The molecular formula is C21H23N5O2S. The molecule has 3 aromatic rings. The number of fused-ring (bicyclic) bond motifs is 1. The topological polar surface area (TPSA) is 95.2 Å². The van der Waals surface area contributed by atoms with Crippen molar-refractivity contribution in [2.45, 2.75) is 31.2 Å². The molecule has 1 heterocycles. The van der Waals surface area contributed by atoms with Gasteiger partial charge in [0, 0.05) is 12.0 Å². The average Bonchev–Trinajstić information content (AvgIpc) is 3.43. The minimum Gasteiger partial charge on any atom is -0.350 e. The Labute approximate surface area is 172 Å². The molecule has 7 nitrogen and oxygen atoms in total. The predicted molar refractivity (Wildman–Crippen MR) is 115 cm³/mol. The monoisotopic (exact) mass is 409 g/mol. The van der Waals surface area contributed by atoms with E-state index < -0.39 is 12.1 Å². The van der Waals surface area contributed by atoms with Gasteiger partial charge in [-0.15, -0.1) is 0 Å². The first-order valence-electron chi connectivity index (χ1n) is 9.57. The van der Waals surface area contributed by atoms with Crippen molar-refractivity contribution in [2.24, 2.45) is 0 Å². The van der Waals surface area contributed by atoms with Crippen LogP contribution in [0.15, 0.2) is 54.6 Å². The lowest BCUT2D eigenvalue weighted by Gasteiger charge is -2.18. The largest absolute Gasteiger partial charge is 0.350 e. The van der Waals surface area contributed by atoms with Gasteiger partial charge in [0.2, 0.25) is 0 Å². The molecule has 4 rings (SSSR count). The van der Waals surface area contributed by atoms with E-state index in [1.54, 1.807) is 6.92 Å². The highest BCUT2D eigenvalue weighted by molar-refractivity contribution is 7.22. The number of nitrogens with one attached hydrogen (secondary N) is 4. The number of hydrogen-bond acceptors (Lipinski definition) is 5. The van der Waals surface area contributed by atoms with Gasteiger partial charge >= 0.3 is 6.03 Å². The van der Waals surface area contributed by atoms with Crippen LogP contribution in [0.2, 0.25) is 0 Å². The van der Waals surface area contributed by atoms with E-state index in [0.717, 1.165) is 23.1 Å². The van der Waals surface area contributed by atoms with Gasteiger partial charge in [0.25, 0.3) is 5.91 Å². The number of hydrogen-bond donors (Lipinski definition) is 4. The summed E-state index contributed by atoms with van der Waals surface area (Å²) in [5, 5.41) is 6.58. The number of nitrogens with zero attached hydrogens (tertiary/aromatic N) is 1. The maximum atomic E-state index is 12.3. The number of carbonyl (C=O) groups is 2. The SMILES string of the molecule is C[C@@H](Nc1nc2ccccc2s1)C(=O)NNC(=O)NCC1(c2ccccc2)CC1. The molecule has 1 aliphatic carbocycles. The van der Waals surface area contributed by atoms with Crippen molar-refractivity contribution in [1.82, 2.24) is 21.2 Å². The molecule has 0 bridgehead atoms. The molecule has 0 aliphatic heterocycles. The zero-order chi connectivity index (χ0) is 20.3. The molecular weight excluding hydrogens is 386 g/mol. The summed E-state index contributed by atoms with van der Waals surface area (Å²) in [7, 11) is 0. The first-order valence-corrected chi connectivity index (χ1v) is 10.4. The third-order valence-electron chi connectivity index (χ3n) is 5.15. The summed E-state index contributed by atoms with van der Waals surface area (Å²) in [5.74, 6) is -0.344. The van der Waals surface area contributed by atoms with Crippen molar-refractivity contribution in [2.75, 3.05) is 11.9 Å². The van der Waals surface area contributed by atoms with Gasteiger partial charge in [0.05, 0.1) is 10.2 Å². The van der Waals surface area contributed by atoms with Crippen LogP contribution in [0.1, 0.15) is 25.3 Å². The van der Waals surface area contributed by atoms with E-state index in [0.29, 0.717) is 11.7 Å². The van der Waals surface area contributed by atoms with Crippen LogP contribution in [-0.4, -0.2) is 29.5 Å². The fourth-order valence-electron chi connectivity index (χ4n) is 3.22. The molecule has 1 fully saturated rings. The van der Waals surface area contributed by atoms with Crippen LogP contribution >= 0.6 is 11.3 Å². The lowest BCUT2D eigenvalue weighted by atomic mass is 9.96. The average molecular weight is 410 g/mol. The van der Waals surface area contributed by atoms with Gasteiger partial charge in [-0.05, 0) is 37.5 Å². The van der Waals surface area contributed by atoms with Gasteiger partial charge in [-0.25, -0.2) is 15.2 Å². The van der Waals surface area contributed by atoms with Crippen molar-refractivity contribution in [1.29, 1.82) is 0 Å². The fourth-order valence-corrected chi connectivity index (χ4v) is 4.17. The molecule has 2 aromatic carbocycles. The smallest absolute Gasteiger partial charge is 0.333 e. The number of aromatic nitrogens is 1. The van der Waals surface area contributed by atoms with Crippen LogP contribution in [-0.2, 0) is 10.2 Å². The first-order chi connectivity index (χ1) is 14.1. The molecule has 0 unspecified atom stereocenters. The summed E-state index contributed by atoms with van der Waals surface area (Å²) in [6.45, 7) is 2.26. The number of thiazole rings is 1. The summed E-state index contributed by atoms with van der Waals surface area (Å²) in [6, 6.07) is 17.0. The second-order valence-corrected chi connectivity index (χ2v) is 8.33. The predicted octanol–water partition coefficient (Wildman–Crippen LogP) is 3.16. The normalized spacial score (nSPS) is 15.3. The Morgan fingerprint density at radius 3 is 2.52 bits per heavy atom. The standard InChI is InChI=1S/C21H23N5O2S/c1-14(23-20-24-16-9-5-6-10-17(16)29-20)18(27)25-26-19(28)22-13-21(11-12-21)15-7-3-2-4-8-15/h2-10,14H,11-13H2,1H3,(H,23,24)(H,25,27)(H2,22,26,28)/t14-/m1/s1. The van der Waals surface area contributed by atoms with Gasteiger partial charge < -0.3 is 10.6 Å². The highest BCUT2D eigenvalue weighted by Crippen LogP contribution is 2.47. The van der Waals surface area contributed by atoms with Crippen molar-refractivity contribution in [3.05, 3.63) is 60.2 Å². The summed E-state index contributed by atoms with van der Waals surface area (Å²) >= 11 is 1.48. The van der Waals surface area contributed by atoms with Gasteiger partial charge in [-0.1, -0.05) is 53.8 Å². The molecule has 150 valence electrons. The summed E-state index contributed by atoms with van der Waals surface area (Å²) in [5.41, 5.74) is 7.01. The molecule has 4 N–H and O–H groups in total. The van der Waals surface area contributed by atoms with Crippen LogP contribution in [0, 0.1) is 0 Å². The van der Waals surface area contributed by atoms with Gasteiger partial charge in [-0.3, -0.25) is 10.2 Å². The van der Waals surface area contributed by atoms with Crippen molar-refractivity contribution in [3.8, 4) is 0 Å². The van der Waals surface area contributed by atoms with E-state index in [1.807, 2.05) is 42.5 Å². The summed E-state index contributed by atoms with van der Waals surface area (Å²) < 4.78 is 1.05. The maximum Gasteiger partial charge on any atom is 0.333 e. The zero-order valence-corrected chi connectivity index (χ0v) is 16.9. The Morgan fingerprint density at radius 2 is 1.79 bits per heavy atom. The molecule has 1 aliphatic rings. The lowest BCUT2D eigenvalue weighted by Crippen LogP contribution is -2.51. The summed E-state index contributed by atoms with van der Waals surface area (Å²) in [4.78, 5) is 28.8. The van der Waals surface area contributed by atoms with Gasteiger partial charge in [-0.2, -0.15) is 0 Å². The number of amides is 3. The number of carbonyl (C=O) groups excluding carboxylic acids is 2. The molecule has 3 amide bonds. The van der Waals surface area contributed by atoms with Crippen LogP contribution in [0.25, 0.3) is 10.2 Å². The molecule has 8 heteroatoms. The van der Waals surface area contributed by atoms with Gasteiger partial charge in [0.15, 0.2) is 5.13 Å². The first kappa shape index (κ1) is 19.2. The molecule has 29 heavy (non-hydrogen) atoms. The highest BCUT2D eigenvalue weighted by atomic mass is 32.1. The molecule has 1 atom stereocenters. The Bertz CT molecular complexity index is 983. The number of para-hydroxylation sites is 1. The lowest BCUT2D eigenvalue weighted by molar-refractivity contribution is -0.122. The Kier molecular flexibility index (Phi) is 5.35. The number of anilines is 1. The number of hydrazine groups is 1. The number of benzene rings is 2. The minimum absolute atomic E-state index is 0.0182. The van der Waals surface area contributed by atoms with Crippen molar-refractivity contribution >= 4 is 38.6 Å². The van der Waals surface area contributed by atoms with E-state index in [9.17, 15) is 9.59 Å². The Morgan fingerprint density at radius 1 is 1.07 bits per heavy atom. The van der Waals surface area contributed by atoms with Crippen LogP contribution in [0.4, 0.5) is 9.93 Å². The number of urea groups is 1. The molecule has 0 saturated heterocycles. The quantitative estimate of drug-likeness (QED) is 0.470. The van der Waals surface area contributed by atoms with Crippen molar-refractivity contribution in [3.63, 3.8) is 0 Å². The Balaban J connectivity index is 1.23. The second-order valence-electron chi connectivity index (χ2n) is 7.30. The fraction of sp³-hybridized carbons (Fsp3) is 0.286. The van der Waals surface area contributed by atoms with Crippen LogP contribution in [0.3, 0.4) is 0 Å². The van der Waals surface area contributed by atoms with Crippen molar-refractivity contribution < 1.29 is 9.59 Å². The van der Waals surface area contributed by atoms with Crippen LogP contribution < -0.4 is 21.5 Å². The van der Waals surface area contributed by atoms with E-state index in [2.05, 4.69) is 38.6 Å². The third-order valence-corrected chi connectivity index (χ3v) is 6.12. The highest BCUT2D eigenvalue weighted by Gasteiger charge is 2.44. The van der Waals surface area contributed by atoms with E-state index in [-0.39, 0.29) is 11.3 Å². The maximum absolute atomic E-state index is 12.3. The third kappa shape index (κ3) is 4.48. The van der Waals surface area contributed by atoms with E-state index >= 15 is 0 Å².